The molecular weight excluding hydrogens is 254 g/mol. The van der Waals surface area contributed by atoms with Gasteiger partial charge in [-0.3, -0.25) is 0 Å². The Balaban J connectivity index is 1.83. The minimum absolute atomic E-state index is 0.231. The van der Waals surface area contributed by atoms with E-state index in [0.717, 1.165) is 37.6 Å². The molecule has 0 spiro atoms. The van der Waals surface area contributed by atoms with Gasteiger partial charge in [-0.1, -0.05) is 5.16 Å². The Morgan fingerprint density at radius 3 is 3.15 bits per heavy atom. The number of aryl methyl sites for hydroxylation is 1. The molecular formula is C14H15N5O. The molecule has 20 heavy (non-hydrogen) atoms. The lowest BCUT2D eigenvalue weighted by Gasteiger charge is -2.32. The third kappa shape index (κ3) is 2.35. The normalized spacial score (nSPS) is 18.8. The Hall–Kier alpha value is -2.42. The lowest BCUT2D eigenvalue weighted by atomic mass is 9.97. The van der Waals surface area contributed by atoms with Gasteiger partial charge in [-0.25, -0.2) is 4.98 Å². The van der Waals surface area contributed by atoms with Crippen LogP contribution in [0.1, 0.15) is 36.0 Å². The smallest absolute Gasteiger partial charge is 0.223 e. The van der Waals surface area contributed by atoms with Crippen LogP contribution >= 0.6 is 0 Å². The topological polar surface area (TPSA) is 78.8 Å². The van der Waals surface area contributed by atoms with Gasteiger partial charge in [0.1, 0.15) is 11.9 Å². The standard InChI is InChI=1S/C14H15N5O/c1-10-17-13(18-20-10)12-5-3-7-19(9-12)14-11(8-15)4-2-6-16-14/h2,4,6,12H,3,5,7,9H2,1H3/t12-/m0/s1. The Kier molecular flexibility index (Phi) is 3.33. The lowest BCUT2D eigenvalue weighted by molar-refractivity contribution is 0.376. The Labute approximate surface area is 117 Å². The predicted octanol–water partition coefficient (Wildman–Crippen LogP) is 2.03. The maximum atomic E-state index is 9.18. The van der Waals surface area contributed by atoms with Gasteiger partial charge in [0.15, 0.2) is 5.82 Å². The summed E-state index contributed by atoms with van der Waals surface area (Å²) in [5.74, 6) is 2.32. The summed E-state index contributed by atoms with van der Waals surface area (Å²) in [6.07, 6.45) is 3.78. The second kappa shape index (κ2) is 5.29. The highest BCUT2D eigenvalue weighted by atomic mass is 16.5. The summed E-state index contributed by atoms with van der Waals surface area (Å²) in [6, 6.07) is 5.78. The second-order valence-electron chi connectivity index (χ2n) is 4.94. The minimum atomic E-state index is 0.231. The van der Waals surface area contributed by atoms with E-state index in [-0.39, 0.29) is 5.92 Å². The van der Waals surface area contributed by atoms with Crippen LogP contribution in [0, 0.1) is 18.3 Å². The number of piperidine rings is 1. The first-order chi connectivity index (χ1) is 9.78. The molecule has 1 saturated heterocycles. The molecule has 0 amide bonds. The molecule has 0 saturated carbocycles. The van der Waals surface area contributed by atoms with Crippen LogP contribution in [0.2, 0.25) is 0 Å². The van der Waals surface area contributed by atoms with Crippen LogP contribution in [0.5, 0.6) is 0 Å². The molecule has 0 bridgehead atoms. The summed E-state index contributed by atoms with van der Waals surface area (Å²) < 4.78 is 5.06. The highest BCUT2D eigenvalue weighted by Gasteiger charge is 2.26. The largest absolute Gasteiger partial charge is 0.355 e. The van der Waals surface area contributed by atoms with E-state index in [1.54, 1.807) is 25.3 Å². The number of hydrogen-bond acceptors (Lipinski definition) is 6. The molecule has 3 rings (SSSR count). The van der Waals surface area contributed by atoms with E-state index >= 15 is 0 Å². The van der Waals surface area contributed by atoms with E-state index < -0.39 is 0 Å². The molecule has 0 aliphatic carbocycles. The molecule has 6 heteroatoms. The van der Waals surface area contributed by atoms with Gasteiger partial charge in [0, 0.05) is 32.1 Å². The quantitative estimate of drug-likeness (QED) is 0.830. The van der Waals surface area contributed by atoms with Crippen molar-refractivity contribution in [2.75, 3.05) is 18.0 Å². The van der Waals surface area contributed by atoms with Crippen molar-refractivity contribution in [2.24, 2.45) is 0 Å². The average Bonchev–Trinajstić information content (AvgIpc) is 2.94. The van der Waals surface area contributed by atoms with E-state index in [9.17, 15) is 5.26 Å². The van der Waals surface area contributed by atoms with Crippen LogP contribution in [-0.2, 0) is 0 Å². The fourth-order valence-electron chi connectivity index (χ4n) is 2.60. The lowest BCUT2D eigenvalue weighted by Crippen LogP contribution is -2.35. The predicted molar refractivity (Wildman–Crippen MR) is 72.2 cm³/mol. The Morgan fingerprint density at radius 1 is 1.50 bits per heavy atom. The third-order valence-electron chi connectivity index (χ3n) is 3.54. The number of anilines is 1. The van der Waals surface area contributed by atoms with Gasteiger partial charge in [0.2, 0.25) is 5.89 Å². The first-order valence-corrected chi connectivity index (χ1v) is 6.68. The van der Waals surface area contributed by atoms with Gasteiger partial charge in [-0.15, -0.1) is 0 Å². The summed E-state index contributed by atoms with van der Waals surface area (Å²) in [5, 5.41) is 13.2. The fraction of sp³-hybridized carbons (Fsp3) is 0.429. The van der Waals surface area contributed by atoms with Gasteiger partial charge in [0.25, 0.3) is 0 Å². The van der Waals surface area contributed by atoms with Crippen molar-refractivity contribution in [3.05, 3.63) is 35.6 Å². The highest BCUT2D eigenvalue weighted by molar-refractivity contribution is 5.53. The molecule has 102 valence electrons. The monoisotopic (exact) mass is 269 g/mol. The van der Waals surface area contributed by atoms with E-state index in [4.69, 9.17) is 4.52 Å². The van der Waals surface area contributed by atoms with E-state index in [1.807, 2.05) is 0 Å². The van der Waals surface area contributed by atoms with Crippen LogP contribution < -0.4 is 4.90 Å². The first kappa shape index (κ1) is 12.6. The van der Waals surface area contributed by atoms with Crippen LogP contribution in [0.3, 0.4) is 0 Å². The first-order valence-electron chi connectivity index (χ1n) is 6.68. The maximum absolute atomic E-state index is 9.18. The van der Waals surface area contributed by atoms with Crippen molar-refractivity contribution >= 4 is 5.82 Å². The molecule has 1 fully saturated rings. The molecule has 0 aromatic carbocycles. The van der Waals surface area contributed by atoms with E-state index in [2.05, 4.69) is 26.1 Å². The number of rotatable bonds is 2. The van der Waals surface area contributed by atoms with Gasteiger partial charge in [0.05, 0.1) is 5.56 Å². The minimum Gasteiger partial charge on any atom is -0.355 e. The van der Waals surface area contributed by atoms with Crippen molar-refractivity contribution in [1.82, 2.24) is 15.1 Å². The molecule has 1 aliphatic heterocycles. The summed E-state index contributed by atoms with van der Waals surface area (Å²) in [6.45, 7) is 3.47. The summed E-state index contributed by atoms with van der Waals surface area (Å²) >= 11 is 0. The maximum Gasteiger partial charge on any atom is 0.223 e. The molecule has 1 atom stereocenters. The fourth-order valence-corrected chi connectivity index (χ4v) is 2.60. The van der Waals surface area contributed by atoms with Crippen molar-refractivity contribution in [1.29, 1.82) is 5.26 Å². The zero-order valence-electron chi connectivity index (χ0n) is 11.3. The summed E-state index contributed by atoms with van der Waals surface area (Å²) in [4.78, 5) is 10.8. The molecule has 0 unspecified atom stereocenters. The summed E-state index contributed by atoms with van der Waals surface area (Å²) in [5.41, 5.74) is 0.609. The van der Waals surface area contributed by atoms with Gasteiger partial charge in [-0.05, 0) is 25.0 Å². The number of aromatic nitrogens is 3. The zero-order chi connectivity index (χ0) is 13.9. The zero-order valence-corrected chi connectivity index (χ0v) is 11.3. The molecule has 3 heterocycles. The van der Waals surface area contributed by atoms with Gasteiger partial charge >= 0.3 is 0 Å². The van der Waals surface area contributed by atoms with Crippen molar-refractivity contribution in [3.8, 4) is 6.07 Å². The Bertz CT molecular complexity index is 645. The van der Waals surface area contributed by atoms with Crippen LogP contribution in [-0.4, -0.2) is 28.2 Å². The van der Waals surface area contributed by atoms with Crippen molar-refractivity contribution in [2.45, 2.75) is 25.7 Å². The summed E-state index contributed by atoms with van der Waals surface area (Å²) in [7, 11) is 0. The van der Waals surface area contributed by atoms with E-state index in [0.29, 0.717) is 11.5 Å². The number of nitriles is 1. The van der Waals surface area contributed by atoms with Gasteiger partial charge < -0.3 is 9.42 Å². The SMILES string of the molecule is Cc1nc([C@H]2CCCN(c3ncccc3C#N)C2)no1. The van der Waals surface area contributed by atoms with Crippen molar-refractivity contribution < 1.29 is 4.52 Å². The molecule has 6 nitrogen and oxygen atoms in total. The van der Waals surface area contributed by atoms with E-state index in [1.165, 1.54) is 0 Å². The number of pyridine rings is 1. The molecule has 2 aromatic heterocycles. The molecule has 2 aromatic rings. The molecule has 0 N–H and O–H groups in total. The molecule has 0 radical (unpaired) electrons. The van der Waals surface area contributed by atoms with Crippen molar-refractivity contribution in [3.63, 3.8) is 0 Å². The Morgan fingerprint density at radius 2 is 2.40 bits per heavy atom. The second-order valence-corrected chi connectivity index (χ2v) is 4.94. The third-order valence-corrected chi connectivity index (χ3v) is 3.54. The van der Waals surface area contributed by atoms with Gasteiger partial charge in [-0.2, -0.15) is 10.2 Å². The van der Waals surface area contributed by atoms with Crippen LogP contribution in [0.25, 0.3) is 0 Å². The average molecular weight is 269 g/mol. The number of nitrogens with zero attached hydrogens (tertiary/aromatic N) is 5. The van der Waals surface area contributed by atoms with Crippen LogP contribution in [0.15, 0.2) is 22.9 Å². The number of hydrogen-bond donors (Lipinski definition) is 0. The molecule has 1 aliphatic rings. The highest BCUT2D eigenvalue weighted by Crippen LogP contribution is 2.28. The van der Waals surface area contributed by atoms with Crippen LogP contribution in [0.4, 0.5) is 5.82 Å².